The highest BCUT2D eigenvalue weighted by atomic mass is 32.1. The summed E-state index contributed by atoms with van der Waals surface area (Å²) in [5, 5.41) is 2.11. The van der Waals surface area contributed by atoms with Gasteiger partial charge < -0.3 is 0 Å². The summed E-state index contributed by atoms with van der Waals surface area (Å²) in [6.07, 6.45) is 1.94. The lowest BCUT2D eigenvalue weighted by Crippen LogP contribution is -2.24. The highest BCUT2D eigenvalue weighted by molar-refractivity contribution is 7.09. The van der Waals surface area contributed by atoms with Crippen LogP contribution in [0.25, 0.3) is 0 Å². The van der Waals surface area contributed by atoms with Gasteiger partial charge >= 0.3 is 0 Å². The van der Waals surface area contributed by atoms with Crippen LogP contribution in [0.3, 0.4) is 0 Å². The predicted molar refractivity (Wildman–Crippen MR) is 64.6 cm³/mol. The molecule has 76 valence electrons. The first-order valence-corrected chi connectivity index (χ1v) is 5.60. The lowest BCUT2D eigenvalue weighted by Gasteiger charge is -2.19. The van der Waals surface area contributed by atoms with Gasteiger partial charge in [0, 0.05) is 24.5 Å². The molecule has 1 heterocycles. The van der Waals surface area contributed by atoms with Gasteiger partial charge in [0.25, 0.3) is 0 Å². The molecule has 1 aromatic heterocycles. The fraction of sp³-hybridized carbons (Fsp3) is 0.333. The second kappa shape index (κ2) is 5.78. The number of rotatable bonds is 6. The van der Waals surface area contributed by atoms with Crippen LogP contribution < -0.4 is 0 Å². The van der Waals surface area contributed by atoms with E-state index >= 15 is 0 Å². The Balaban J connectivity index is 2.50. The Labute approximate surface area is 90.4 Å². The standard InChI is InChI=1S/C12H17NS/c1-4-7-13(9-11(2)3)10-12-6-5-8-14-12/h4-6,8H,1-2,7,9-10H2,3H3. The van der Waals surface area contributed by atoms with Crippen LogP contribution in [0.2, 0.25) is 0 Å². The molecule has 0 atom stereocenters. The first-order chi connectivity index (χ1) is 6.72. The predicted octanol–water partition coefficient (Wildman–Crippen LogP) is 3.31. The number of hydrogen-bond donors (Lipinski definition) is 0. The van der Waals surface area contributed by atoms with Crippen LogP contribution >= 0.6 is 11.3 Å². The van der Waals surface area contributed by atoms with E-state index in [4.69, 9.17) is 0 Å². The van der Waals surface area contributed by atoms with Gasteiger partial charge in [0.1, 0.15) is 0 Å². The van der Waals surface area contributed by atoms with Gasteiger partial charge in [0.15, 0.2) is 0 Å². The van der Waals surface area contributed by atoms with Crippen molar-refractivity contribution in [2.45, 2.75) is 13.5 Å². The third-order valence-electron chi connectivity index (χ3n) is 1.84. The van der Waals surface area contributed by atoms with Gasteiger partial charge in [0.2, 0.25) is 0 Å². The second-order valence-electron chi connectivity index (χ2n) is 3.49. The van der Waals surface area contributed by atoms with Crippen molar-refractivity contribution in [1.82, 2.24) is 4.90 Å². The second-order valence-corrected chi connectivity index (χ2v) is 4.53. The van der Waals surface area contributed by atoms with E-state index in [1.807, 2.05) is 6.08 Å². The molecular weight excluding hydrogens is 190 g/mol. The quantitative estimate of drug-likeness (QED) is 0.647. The van der Waals surface area contributed by atoms with Crippen LogP contribution in [0.4, 0.5) is 0 Å². The van der Waals surface area contributed by atoms with E-state index in [2.05, 4.69) is 42.5 Å². The monoisotopic (exact) mass is 207 g/mol. The Kier molecular flexibility index (Phi) is 4.63. The molecule has 1 aromatic rings. The third kappa shape index (κ3) is 3.90. The Bertz CT molecular complexity index is 287. The molecule has 0 aliphatic rings. The lowest BCUT2D eigenvalue weighted by molar-refractivity contribution is 0.323. The maximum atomic E-state index is 3.93. The smallest absolute Gasteiger partial charge is 0.0334 e. The Morgan fingerprint density at radius 1 is 1.64 bits per heavy atom. The third-order valence-corrected chi connectivity index (χ3v) is 2.70. The minimum atomic E-state index is 0.921. The molecular formula is C12H17NS. The average molecular weight is 207 g/mol. The van der Waals surface area contributed by atoms with Crippen molar-refractivity contribution in [2.24, 2.45) is 0 Å². The Morgan fingerprint density at radius 2 is 2.43 bits per heavy atom. The molecule has 0 radical (unpaired) electrons. The van der Waals surface area contributed by atoms with E-state index in [1.165, 1.54) is 10.5 Å². The highest BCUT2D eigenvalue weighted by Gasteiger charge is 2.04. The first kappa shape index (κ1) is 11.2. The zero-order valence-electron chi connectivity index (χ0n) is 8.70. The van der Waals surface area contributed by atoms with E-state index in [9.17, 15) is 0 Å². The van der Waals surface area contributed by atoms with Gasteiger partial charge in [-0.15, -0.1) is 17.9 Å². The van der Waals surface area contributed by atoms with Crippen molar-refractivity contribution in [2.75, 3.05) is 13.1 Å². The molecule has 0 N–H and O–H groups in total. The van der Waals surface area contributed by atoms with Crippen LogP contribution in [0.1, 0.15) is 11.8 Å². The van der Waals surface area contributed by atoms with Crippen LogP contribution in [0.15, 0.2) is 42.3 Å². The van der Waals surface area contributed by atoms with Crippen molar-refractivity contribution < 1.29 is 0 Å². The Morgan fingerprint density at radius 3 is 2.93 bits per heavy atom. The molecule has 0 spiro atoms. The average Bonchev–Trinajstić information content (AvgIpc) is 2.56. The van der Waals surface area contributed by atoms with Crippen LogP contribution in [-0.2, 0) is 6.54 Å². The van der Waals surface area contributed by atoms with Crippen molar-refractivity contribution in [1.29, 1.82) is 0 Å². The molecule has 0 aliphatic heterocycles. The zero-order valence-corrected chi connectivity index (χ0v) is 9.52. The summed E-state index contributed by atoms with van der Waals surface area (Å²) in [6.45, 7) is 12.6. The van der Waals surface area contributed by atoms with Gasteiger partial charge in [0.05, 0.1) is 0 Å². The van der Waals surface area contributed by atoms with Crippen molar-refractivity contribution in [3.63, 3.8) is 0 Å². The summed E-state index contributed by atoms with van der Waals surface area (Å²) in [7, 11) is 0. The summed E-state index contributed by atoms with van der Waals surface area (Å²) >= 11 is 1.80. The first-order valence-electron chi connectivity index (χ1n) is 4.72. The van der Waals surface area contributed by atoms with Crippen molar-refractivity contribution in [3.05, 3.63) is 47.2 Å². The number of thiophene rings is 1. The van der Waals surface area contributed by atoms with E-state index in [-0.39, 0.29) is 0 Å². The maximum absolute atomic E-state index is 3.93. The van der Waals surface area contributed by atoms with Gasteiger partial charge in [-0.3, -0.25) is 4.90 Å². The lowest BCUT2D eigenvalue weighted by atomic mass is 10.3. The molecule has 0 aliphatic carbocycles. The molecule has 0 amide bonds. The fourth-order valence-electron chi connectivity index (χ4n) is 1.37. The van der Waals surface area contributed by atoms with Crippen molar-refractivity contribution >= 4 is 11.3 Å². The minimum Gasteiger partial charge on any atom is -0.291 e. The van der Waals surface area contributed by atoms with Crippen molar-refractivity contribution in [3.8, 4) is 0 Å². The molecule has 0 saturated carbocycles. The molecule has 2 heteroatoms. The molecule has 1 nitrogen and oxygen atoms in total. The van der Waals surface area contributed by atoms with Gasteiger partial charge in [-0.1, -0.05) is 24.3 Å². The molecule has 0 bridgehead atoms. The molecule has 0 unspecified atom stereocenters. The SMILES string of the molecule is C=CCN(CC(=C)C)Cc1cccs1. The van der Waals surface area contributed by atoms with Crippen LogP contribution in [0, 0.1) is 0 Å². The van der Waals surface area contributed by atoms with Crippen LogP contribution in [0.5, 0.6) is 0 Å². The molecule has 14 heavy (non-hydrogen) atoms. The minimum absolute atomic E-state index is 0.921. The van der Waals surface area contributed by atoms with Gasteiger partial charge in [-0.2, -0.15) is 0 Å². The summed E-state index contributed by atoms with van der Waals surface area (Å²) in [4.78, 5) is 3.73. The zero-order chi connectivity index (χ0) is 10.4. The van der Waals surface area contributed by atoms with E-state index in [0.717, 1.165) is 19.6 Å². The summed E-state index contributed by atoms with van der Waals surface area (Å²) in [6, 6.07) is 4.26. The summed E-state index contributed by atoms with van der Waals surface area (Å²) in [5.74, 6) is 0. The van der Waals surface area contributed by atoms with E-state index in [1.54, 1.807) is 11.3 Å². The van der Waals surface area contributed by atoms with Gasteiger partial charge in [-0.25, -0.2) is 0 Å². The molecule has 0 aromatic carbocycles. The molecule has 0 fully saturated rings. The Hall–Kier alpha value is -0.860. The molecule has 0 saturated heterocycles. The largest absolute Gasteiger partial charge is 0.291 e. The van der Waals surface area contributed by atoms with E-state index in [0.29, 0.717) is 0 Å². The normalized spacial score (nSPS) is 10.4. The van der Waals surface area contributed by atoms with Gasteiger partial charge in [-0.05, 0) is 18.4 Å². The number of hydrogen-bond acceptors (Lipinski definition) is 2. The summed E-state index contributed by atoms with van der Waals surface area (Å²) < 4.78 is 0. The van der Waals surface area contributed by atoms with Crippen LogP contribution in [-0.4, -0.2) is 18.0 Å². The maximum Gasteiger partial charge on any atom is 0.0334 e. The number of nitrogens with zero attached hydrogens (tertiary/aromatic N) is 1. The topological polar surface area (TPSA) is 3.24 Å². The summed E-state index contributed by atoms with van der Waals surface area (Å²) in [5.41, 5.74) is 1.20. The molecule has 1 rings (SSSR count). The highest BCUT2D eigenvalue weighted by Crippen LogP contribution is 2.12. The van der Waals surface area contributed by atoms with E-state index < -0.39 is 0 Å². The fourth-order valence-corrected chi connectivity index (χ4v) is 2.12.